The largest absolute Gasteiger partial charge is 0.471 e. The van der Waals surface area contributed by atoms with Gasteiger partial charge in [-0.2, -0.15) is 15.1 Å². The van der Waals surface area contributed by atoms with Gasteiger partial charge >= 0.3 is 11.9 Å². The van der Waals surface area contributed by atoms with Gasteiger partial charge in [-0.3, -0.25) is 4.79 Å². The lowest BCUT2D eigenvalue weighted by Crippen LogP contribution is -2.08. The van der Waals surface area contributed by atoms with Crippen molar-refractivity contribution in [2.45, 2.75) is 26.5 Å². The normalized spacial score (nSPS) is 10.9. The van der Waals surface area contributed by atoms with E-state index in [1.165, 1.54) is 24.2 Å². The van der Waals surface area contributed by atoms with E-state index >= 15 is 0 Å². The number of esters is 2. The molecule has 0 aliphatic carbocycles. The van der Waals surface area contributed by atoms with Crippen LogP contribution in [-0.4, -0.2) is 55.0 Å². The summed E-state index contributed by atoms with van der Waals surface area (Å²) in [5, 5.41) is 4.23. The average Bonchev–Trinajstić information content (AvgIpc) is 3.61. The molecule has 3 heterocycles. The van der Waals surface area contributed by atoms with Crippen LogP contribution in [0.5, 0.6) is 5.88 Å². The monoisotopic (exact) mass is 526 g/mol. The Morgan fingerprint density at radius 1 is 0.949 bits per heavy atom. The zero-order valence-corrected chi connectivity index (χ0v) is 21.5. The summed E-state index contributed by atoms with van der Waals surface area (Å²) < 4.78 is 19.3. The minimum atomic E-state index is -0.479. The topological polar surface area (TPSA) is 123 Å². The molecule has 5 aromatic rings. The van der Waals surface area contributed by atoms with Gasteiger partial charge in [-0.1, -0.05) is 54.6 Å². The van der Waals surface area contributed by atoms with E-state index in [-0.39, 0.29) is 37.1 Å². The number of carbonyl (C=O) groups is 2. The van der Waals surface area contributed by atoms with Gasteiger partial charge < -0.3 is 18.8 Å². The minimum absolute atomic E-state index is 0.207. The van der Waals surface area contributed by atoms with Crippen LogP contribution < -0.4 is 4.74 Å². The Balaban J connectivity index is 1.47. The fraction of sp³-hybridized carbons (Fsp3) is 0.214. The Morgan fingerprint density at radius 3 is 2.46 bits per heavy atom. The molecule has 11 nitrogen and oxygen atoms in total. The number of aromatic nitrogens is 6. The molecule has 0 saturated heterocycles. The lowest BCUT2D eigenvalue weighted by atomic mass is 10.1. The molecule has 0 amide bonds. The first-order valence-corrected chi connectivity index (χ1v) is 12.3. The molecule has 198 valence electrons. The number of hydrogen-bond acceptors (Lipinski definition) is 9. The summed E-state index contributed by atoms with van der Waals surface area (Å²) in [5.74, 6) is -0.235. The van der Waals surface area contributed by atoms with Crippen LogP contribution >= 0.6 is 0 Å². The van der Waals surface area contributed by atoms with Crippen LogP contribution in [0, 0.1) is 0 Å². The first kappa shape index (κ1) is 25.6. The number of carbonyl (C=O) groups excluding carboxylic acids is 2. The molecule has 0 spiro atoms. The molecule has 11 heteroatoms. The Bertz CT molecular complexity index is 1590. The zero-order chi connectivity index (χ0) is 27.2. The number of rotatable bonds is 10. The molecule has 0 N–H and O–H groups in total. The van der Waals surface area contributed by atoms with E-state index in [0.717, 1.165) is 16.7 Å². The van der Waals surface area contributed by atoms with E-state index in [4.69, 9.17) is 14.2 Å². The van der Waals surface area contributed by atoms with Crippen molar-refractivity contribution in [3.05, 3.63) is 95.6 Å². The summed E-state index contributed by atoms with van der Waals surface area (Å²) in [6.45, 7) is 2.76. The van der Waals surface area contributed by atoms with Gasteiger partial charge in [0.25, 0.3) is 5.95 Å². The summed E-state index contributed by atoms with van der Waals surface area (Å²) in [4.78, 5) is 37.4. The van der Waals surface area contributed by atoms with Gasteiger partial charge in [0.2, 0.25) is 5.88 Å². The van der Waals surface area contributed by atoms with Crippen LogP contribution in [0.15, 0.2) is 73.3 Å². The molecule has 0 unspecified atom stereocenters. The molecule has 0 aliphatic heterocycles. The second kappa shape index (κ2) is 11.5. The molecule has 5 rings (SSSR count). The maximum atomic E-state index is 12.1. The van der Waals surface area contributed by atoms with Crippen molar-refractivity contribution >= 4 is 23.1 Å². The first-order chi connectivity index (χ1) is 19.0. The highest BCUT2D eigenvalue weighted by Crippen LogP contribution is 2.25. The van der Waals surface area contributed by atoms with Crippen molar-refractivity contribution in [1.82, 2.24) is 29.3 Å². The molecular weight excluding hydrogens is 500 g/mol. The van der Waals surface area contributed by atoms with E-state index < -0.39 is 5.97 Å². The molecular formula is C28H26N6O5. The number of nitrogens with zero attached hydrogens (tertiary/aromatic N) is 6. The van der Waals surface area contributed by atoms with E-state index in [0.29, 0.717) is 23.6 Å². The fourth-order valence-electron chi connectivity index (χ4n) is 3.93. The standard InChI is InChI=1S/C28H26N6O5/c1-3-38-27(36)22-14-30-34(16-22)28-31-25-24(26(32-28)39-17-21-7-5-4-6-8-21)33(18-29-25)15-20-11-9-19(10-12-20)13-23(35)37-2/h4-12,14,16,18H,3,13,15,17H2,1-2H3. The number of hydrogen-bond donors (Lipinski definition) is 0. The summed E-state index contributed by atoms with van der Waals surface area (Å²) in [6.07, 6.45) is 4.80. The second-order valence-electron chi connectivity index (χ2n) is 8.61. The predicted molar refractivity (Wildman–Crippen MR) is 140 cm³/mol. The van der Waals surface area contributed by atoms with Crippen LogP contribution in [0.4, 0.5) is 0 Å². The lowest BCUT2D eigenvalue weighted by molar-refractivity contribution is -0.139. The van der Waals surface area contributed by atoms with Crippen molar-refractivity contribution < 1.29 is 23.8 Å². The third-order valence-electron chi connectivity index (χ3n) is 5.90. The summed E-state index contributed by atoms with van der Waals surface area (Å²) in [5.41, 5.74) is 4.15. The molecule has 3 aromatic heterocycles. The highest BCUT2D eigenvalue weighted by atomic mass is 16.5. The number of benzene rings is 2. The molecule has 2 aromatic carbocycles. The number of methoxy groups -OCH3 is 1. The van der Waals surface area contributed by atoms with Gasteiger partial charge in [0.1, 0.15) is 6.61 Å². The average molecular weight is 527 g/mol. The second-order valence-corrected chi connectivity index (χ2v) is 8.61. The Kier molecular flexibility index (Phi) is 7.58. The van der Waals surface area contributed by atoms with E-state index in [9.17, 15) is 9.59 Å². The van der Waals surface area contributed by atoms with E-state index in [2.05, 4.69) is 20.1 Å². The van der Waals surface area contributed by atoms with Crippen molar-refractivity contribution in [2.75, 3.05) is 13.7 Å². The maximum Gasteiger partial charge on any atom is 0.341 e. The summed E-state index contributed by atoms with van der Waals surface area (Å²) in [6, 6.07) is 17.4. The number of imidazole rings is 1. The quantitative estimate of drug-likeness (QED) is 0.251. The van der Waals surface area contributed by atoms with Crippen LogP contribution in [0.3, 0.4) is 0 Å². The third-order valence-corrected chi connectivity index (χ3v) is 5.90. The lowest BCUT2D eigenvalue weighted by Gasteiger charge is -2.11. The van der Waals surface area contributed by atoms with Crippen molar-refractivity contribution in [1.29, 1.82) is 0 Å². The molecule has 0 bridgehead atoms. The number of ether oxygens (including phenoxy) is 3. The Labute approximate surface area is 224 Å². The van der Waals surface area contributed by atoms with Crippen molar-refractivity contribution in [3.8, 4) is 11.8 Å². The predicted octanol–water partition coefficient (Wildman–Crippen LogP) is 3.53. The minimum Gasteiger partial charge on any atom is -0.471 e. The maximum absolute atomic E-state index is 12.1. The van der Waals surface area contributed by atoms with Gasteiger partial charge in [0.05, 0.1) is 38.2 Å². The highest BCUT2D eigenvalue weighted by molar-refractivity contribution is 5.88. The first-order valence-electron chi connectivity index (χ1n) is 12.3. The molecule has 0 fully saturated rings. The highest BCUT2D eigenvalue weighted by Gasteiger charge is 2.19. The van der Waals surface area contributed by atoms with E-state index in [1.807, 2.05) is 59.2 Å². The molecule has 0 saturated carbocycles. The van der Waals surface area contributed by atoms with Crippen molar-refractivity contribution in [3.63, 3.8) is 0 Å². The fourth-order valence-corrected chi connectivity index (χ4v) is 3.93. The summed E-state index contributed by atoms with van der Waals surface area (Å²) >= 11 is 0. The van der Waals surface area contributed by atoms with Gasteiger partial charge in [0.15, 0.2) is 11.2 Å². The van der Waals surface area contributed by atoms with Crippen LogP contribution in [0.2, 0.25) is 0 Å². The summed E-state index contributed by atoms with van der Waals surface area (Å²) in [7, 11) is 1.37. The van der Waals surface area contributed by atoms with Crippen LogP contribution in [-0.2, 0) is 33.8 Å². The molecule has 0 radical (unpaired) electrons. The molecule has 0 aliphatic rings. The van der Waals surface area contributed by atoms with Crippen LogP contribution in [0.25, 0.3) is 17.1 Å². The Hall–Kier alpha value is -5.06. The number of fused-ring (bicyclic) bond motifs is 1. The molecule has 0 atom stereocenters. The van der Waals surface area contributed by atoms with Crippen molar-refractivity contribution in [2.24, 2.45) is 0 Å². The van der Waals surface area contributed by atoms with E-state index in [1.54, 1.807) is 13.3 Å². The van der Waals surface area contributed by atoms with Crippen LogP contribution in [0.1, 0.15) is 34.0 Å². The van der Waals surface area contributed by atoms with Gasteiger partial charge in [-0.15, -0.1) is 0 Å². The zero-order valence-electron chi connectivity index (χ0n) is 21.5. The molecule has 39 heavy (non-hydrogen) atoms. The SMILES string of the molecule is CCOC(=O)c1cnn(-c2nc(OCc3ccccc3)c3c(ncn3Cc3ccc(CC(=O)OC)cc3)n2)c1. The third kappa shape index (κ3) is 5.93. The smallest absolute Gasteiger partial charge is 0.341 e. The van der Waals surface area contributed by atoms with Gasteiger partial charge in [-0.25, -0.2) is 14.5 Å². The van der Waals surface area contributed by atoms with Gasteiger partial charge in [-0.05, 0) is 23.6 Å². The Morgan fingerprint density at radius 2 is 1.72 bits per heavy atom. The van der Waals surface area contributed by atoms with Gasteiger partial charge in [0, 0.05) is 12.7 Å².